The Bertz CT molecular complexity index is 461. The second-order valence-electron chi connectivity index (χ2n) is 4.60. The second-order valence-corrected chi connectivity index (χ2v) is 4.60. The standard InChI is InChI=1S/C11H17N5O2/c1-7(8-4-5-8)15(3)10-9(16(17)18)6-13-11(12-2)14-10/h6-8H,4-5H2,1-3H3,(H,12,13,14). The zero-order chi connectivity index (χ0) is 13.3. The van der Waals surface area contributed by atoms with Gasteiger partial charge in [0.1, 0.15) is 6.20 Å². The molecule has 2 rings (SSSR count). The van der Waals surface area contributed by atoms with Crippen LogP contribution in [0.15, 0.2) is 6.20 Å². The lowest BCUT2D eigenvalue weighted by molar-refractivity contribution is -0.384. The molecule has 0 aliphatic heterocycles. The van der Waals surface area contributed by atoms with Crippen molar-refractivity contribution >= 4 is 17.5 Å². The van der Waals surface area contributed by atoms with Crippen LogP contribution in [0.4, 0.5) is 17.5 Å². The topological polar surface area (TPSA) is 84.2 Å². The van der Waals surface area contributed by atoms with Crippen LogP contribution in [0.5, 0.6) is 0 Å². The Morgan fingerprint density at radius 1 is 1.61 bits per heavy atom. The van der Waals surface area contributed by atoms with Crippen molar-refractivity contribution in [2.24, 2.45) is 5.92 Å². The lowest BCUT2D eigenvalue weighted by Gasteiger charge is -2.25. The molecule has 1 aliphatic carbocycles. The summed E-state index contributed by atoms with van der Waals surface area (Å²) >= 11 is 0. The van der Waals surface area contributed by atoms with Crippen LogP contribution in [-0.2, 0) is 0 Å². The van der Waals surface area contributed by atoms with Gasteiger partial charge in [-0.25, -0.2) is 4.98 Å². The van der Waals surface area contributed by atoms with E-state index < -0.39 is 4.92 Å². The first-order valence-electron chi connectivity index (χ1n) is 5.96. The highest BCUT2D eigenvalue weighted by Gasteiger charge is 2.33. The van der Waals surface area contributed by atoms with Gasteiger partial charge in [0, 0.05) is 20.1 Å². The van der Waals surface area contributed by atoms with Gasteiger partial charge in [-0.3, -0.25) is 10.1 Å². The predicted molar refractivity (Wildman–Crippen MR) is 68.8 cm³/mol. The molecule has 18 heavy (non-hydrogen) atoms. The largest absolute Gasteiger partial charge is 0.357 e. The van der Waals surface area contributed by atoms with Gasteiger partial charge >= 0.3 is 5.69 Å². The van der Waals surface area contributed by atoms with Crippen LogP contribution < -0.4 is 10.2 Å². The summed E-state index contributed by atoms with van der Waals surface area (Å²) in [7, 11) is 3.53. The summed E-state index contributed by atoms with van der Waals surface area (Å²) in [5.41, 5.74) is -0.0519. The maximum Gasteiger partial charge on any atom is 0.329 e. The molecule has 0 spiro atoms. The van der Waals surface area contributed by atoms with Gasteiger partial charge in [-0.15, -0.1) is 0 Å². The number of hydrogen-bond donors (Lipinski definition) is 1. The van der Waals surface area contributed by atoms with Crippen LogP contribution >= 0.6 is 0 Å². The molecule has 0 bridgehead atoms. The Balaban J connectivity index is 2.35. The maximum atomic E-state index is 11.0. The fraction of sp³-hybridized carbons (Fsp3) is 0.636. The van der Waals surface area contributed by atoms with Crippen molar-refractivity contribution in [3.8, 4) is 0 Å². The summed E-state index contributed by atoms with van der Waals surface area (Å²) < 4.78 is 0. The minimum Gasteiger partial charge on any atom is -0.357 e. The van der Waals surface area contributed by atoms with Crippen molar-refractivity contribution < 1.29 is 4.92 Å². The van der Waals surface area contributed by atoms with E-state index >= 15 is 0 Å². The third-order valence-corrected chi connectivity index (χ3v) is 3.42. The van der Waals surface area contributed by atoms with Crippen LogP contribution in [0.3, 0.4) is 0 Å². The van der Waals surface area contributed by atoms with Gasteiger partial charge in [0.15, 0.2) is 0 Å². The quantitative estimate of drug-likeness (QED) is 0.633. The lowest BCUT2D eigenvalue weighted by atomic mass is 10.2. The molecule has 1 N–H and O–H groups in total. The molecular formula is C11H17N5O2. The van der Waals surface area contributed by atoms with E-state index in [4.69, 9.17) is 0 Å². The Hall–Kier alpha value is -1.92. The van der Waals surface area contributed by atoms with Gasteiger partial charge in [0.2, 0.25) is 11.8 Å². The Kier molecular flexibility index (Phi) is 3.31. The molecule has 0 amide bonds. The Morgan fingerprint density at radius 2 is 2.28 bits per heavy atom. The molecule has 1 aromatic rings. The summed E-state index contributed by atoms with van der Waals surface area (Å²) in [4.78, 5) is 20.5. The van der Waals surface area contributed by atoms with Gasteiger partial charge in [-0.1, -0.05) is 0 Å². The molecule has 1 fully saturated rings. The normalized spacial score (nSPS) is 16.2. The van der Waals surface area contributed by atoms with Crippen molar-refractivity contribution in [1.29, 1.82) is 0 Å². The lowest BCUT2D eigenvalue weighted by Crippen LogP contribution is -2.32. The van der Waals surface area contributed by atoms with E-state index in [0.29, 0.717) is 17.7 Å². The molecule has 1 aliphatic rings. The summed E-state index contributed by atoms with van der Waals surface area (Å²) in [6.07, 6.45) is 3.62. The minimum absolute atomic E-state index is 0.0519. The second kappa shape index (κ2) is 4.75. The van der Waals surface area contributed by atoms with Gasteiger partial charge in [0.05, 0.1) is 4.92 Å². The monoisotopic (exact) mass is 251 g/mol. The molecule has 0 aromatic carbocycles. The van der Waals surface area contributed by atoms with Gasteiger partial charge in [-0.05, 0) is 25.7 Å². The summed E-state index contributed by atoms with van der Waals surface area (Å²) in [6, 6.07) is 0.253. The third-order valence-electron chi connectivity index (χ3n) is 3.42. The maximum absolute atomic E-state index is 11.0. The van der Waals surface area contributed by atoms with Crippen molar-refractivity contribution in [2.75, 3.05) is 24.3 Å². The molecule has 1 atom stereocenters. The highest BCUT2D eigenvalue weighted by molar-refractivity contribution is 5.59. The third kappa shape index (κ3) is 2.34. The van der Waals surface area contributed by atoms with Crippen LogP contribution in [0, 0.1) is 16.0 Å². The number of anilines is 2. The molecule has 0 radical (unpaired) electrons. The summed E-state index contributed by atoms with van der Waals surface area (Å²) in [5.74, 6) is 1.38. The van der Waals surface area contributed by atoms with Crippen molar-refractivity contribution in [1.82, 2.24) is 9.97 Å². The summed E-state index contributed by atoms with van der Waals surface area (Å²) in [6.45, 7) is 2.07. The molecule has 1 unspecified atom stereocenters. The number of nitro groups is 1. The fourth-order valence-corrected chi connectivity index (χ4v) is 1.96. The van der Waals surface area contributed by atoms with E-state index in [9.17, 15) is 10.1 Å². The van der Waals surface area contributed by atoms with Crippen molar-refractivity contribution in [2.45, 2.75) is 25.8 Å². The van der Waals surface area contributed by atoms with E-state index in [1.165, 1.54) is 19.0 Å². The molecule has 98 valence electrons. The van der Waals surface area contributed by atoms with Crippen LogP contribution in [0.25, 0.3) is 0 Å². The van der Waals surface area contributed by atoms with Crippen LogP contribution in [0.2, 0.25) is 0 Å². The molecule has 1 heterocycles. The average molecular weight is 251 g/mol. The van der Waals surface area contributed by atoms with Crippen LogP contribution in [0.1, 0.15) is 19.8 Å². The minimum atomic E-state index is -0.440. The zero-order valence-electron chi connectivity index (χ0n) is 10.8. The molecule has 7 heteroatoms. The zero-order valence-corrected chi connectivity index (χ0v) is 10.8. The Morgan fingerprint density at radius 3 is 2.78 bits per heavy atom. The van der Waals surface area contributed by atoms with E-state index in [1.807, 2.05) is 11.9 Å². The van der Waals surface area contributed by atoms with Gasteiger partial charge in [-0.2, -0.15) is 4.98 Å². The van der Waals surface area contributed by atoms with Crippen molar-refractivity contribution in [3.05, 3.63) is 16.3 Å². The van der Waals surface area contributed by atoms with E-state index in [1.54, 1.807) is 7.05 Å². The molecule has 7 nitrogen and oxygen atoms in total. The average Bonchev–Trinajstić information content (AvgIpc) is 3.20. The van der Waals surface area contributed by atoms with E-state index in [0.717, 1.165) is 0 Å². The molecular weight excluding hydrogens is 234 g/mol. The van der Waals surface area contributed by atoms with Crippen LogP contribution in [-0.4, -0.2) is 35.0 Å². The van der Waals surface area contributed by atoms with Crippen molar-refractivity contribution in [3.63, 3.8) is 0 Å². The number of nitrogens with zero attached hydrogens (tertiary/aromatic N) is 4. The number of hydrogen-bond acceptors (Lipinski definition) is 6. The van der Waals surface area contributed by atoms with E-state index in [2.05, 4.69) is 22.2 Å². The first kappa shape index (κ1) is 12.5. The predicted octanol–water partition coefficient (Wildman–Crippen LogP) is 1.66. The Labute approximate surface area is 105 Å². The highest BCUT2D eigenvalue weighted by atomic mass is 16.6. The SMILES string of the molecule is CNc1ncc([N+](=O)[O-])c(N(C)C(C)C2CC2)n1. The first-order valence-corrected chi connectivity index (χ1v) is 5.96. The smallest absolute Gasteiger partial charge is 0.329 e. The molecule has 1 aromatic heterocycles. The molecule has 0 saturated heterocycles. The number of nitrogens with one attached hydrogen (secondary N) is 1. The summed E-state index contributed by atoms with van der Waals surface area (Å²) in [5, 5.41) is 13.8. The molecule has 1 saturated carbocycles. The van der Waals surface area contributed by atoms with Gasteiger partial charge < -0.3 is 10.2 Å². The number of aromatic nitrogens is 2. The fourth-order valence-electron chi connectivity index (χ4n) is 1.96. The number of rotatable bonds is 5. The van der Waals surface area contributed by atoms with Gasteiger partial charge in [0.25, 0.3) is 0 Å². The van der Waals surface area contributed by atoms with E-state index in [-0.39, 0.29) is 11.7 Å². The first-order chi connectivity index (χ1) is 8.54. The highest BCUT2D eigenvalue weighted by Crippen LogP contribution is 2.37.